The quantitative estimate of drug-likeness (QED) is 0.923. The molecule has 0 fully saturated rings. The largest absolute Gasteiger partial charge is 0.338 e. The highest BCUT2D eigenvalue weighted by atomic mass is 19.1. The summed E-state index contributed by atoms with van der Waals surface area (Å²) < 4.78 is 42.1. The number of hydrogen-bond donors (Lipinski definition) is 1. The number of likely N-dealkylation sites (N-methyl/N-ethyl adjacent to an activating group) is 1. The fourth-order valence-corrected chi connectivity index (χ4v) is 2.01. The summed E-state index contributed by atoms with van der Waals surface area (Å²) in [5.41, 5.74) is -0.174. The van der Waals surface area contributed by atoms with Gasteiger partial charge < -0.3 is 9.88 Å². The van der Waals surface area contributed by atoms with Gasteiger partial charge in [0.15, 0.2) is 0 Å². The van der Waals surface area contributed by atoms with Gasteiger partial charge in [0.1, 0.15) is 23.3 Å². The van der Waals surface area contributed by atoms with Gasteiger partial charge in [-0.15, -0.1) is 0 Å². The van der Waals surface area contributed by atoms with E-state index in [9.17, 15) is 13.2 Å². The summed E-state index contributed by atoms with van der Waals surface area (Å²) in [5.74, 6) is -2.04. The van der Waals surface area contributed by atoms with Gasteiger partial charge in [-0.1, -0.05) is 0 Å². The number of aryl methyl sites for hydroxylation is 1. The summed E-state index contributed by atoms with van der Waals surface area (Å²) in [6.45, 7) is 0. The van der Waals surface area contributed by atoms with Crippen molar-refractivity contribution in [1.82, 2.24) is 14.9 Å². The molecular formula is C13H14F3N3. The molecule has 3 nitrogen and oxygen atoms in total. The van der Waals surface area contributed by atoms with E-state index in [1.807, 2.05) is 0 Å². The Kier molecular flexibility index (Phi) is 3.90. The fourth-order valence-electron chi connectivity index (χ4n) is 2.01. The molecule has 2 aromatic rings. The normalized spacial score (nSPS) is 12.7. The molecule has 0 aliphatic heterocycles. The van der Waals surface area contributed by atoms with Gasteiger partial charge in [0.2, 0.25) is 0 Å². The summed E-state index contributed by atoms with van der Waals surface area (Å²) in [4.78, 5) is 4.11. The topological polar surface area (TPSA) is 29.9 Å². The number of benzene rings is 1. The van der Waals surface area contributed by atoms with Crippen molar-refractivity contribution in [3.05, 3.63) is 53.4 Å². The van der Waals surface area contributed by atoms with E-state index >= 15 is 0 Å². The summed E-state index contributed by atoms with van der Waals surface area (Å²) in [6.07, 6.45) is 3.67. The summed E-state index contributed by atoms with van der Waals surface area (Å²) in [6, 6.07) is 0.754. The average Bonchev–Trinajstić information content (AvgIpc) is 2.72. The van der Waals surface area contributed by atoms with Gasteiger partial charge >= 0.3 is 0 Å². The summed E-state index contributed by atoms with van der Waals surface area (Å²) >= 11 is 0. The van der Waals surface area contributed by atoms with Crippen LogP contribution in [0.15, 0.2) is 24.5 Å². The van der Waals surface area contributed by atoms with Crippen molar-refractivity contribution >= 4 is 0 Å². The molecule has 1 aromatic heterocycles. The van der Waals surface area contributed by atoms with Crippen LogP contribution in [0.4, 0.5) is 13.2 Å². The molecule has 0 bridgehead atoms. The molecule has 0 saturated carbocycles. The molecule has 1 N–H and O–H groups in total. The molecule has 2 rings (SSSR count). The monoisotopic (exact) mass is 269 g/mol. The van der Waals surface area contributed by atoms with Gasteiger partial charge in [0.25, 0.3) is 0 Å². The van der Waals surface area contributed by atoms with Crippen LogP contribution >= 0.6 is 0 Å². The second-order valence-corrected chi connectivity index (χ2v) is 4.28. The van der Waals surface area contributed by atoms with E-state index in [2.05, 4.69) is 10.3 Å². The molecule has 1 heterocycles. The van der Waals surface area contributed by atoms with E-state index in [0.717, 1.165) is 0 Å². The van der Waals surface area contributed by atoms with Crippen molar-refractivity contribution in [2.75, 3.05) is 7.05 Å². The van der Waals surface area contributed by atoms with Crippen LogP contribution in [0.25, 0.3) is 0 Å². The van der Waals surface area contributed by atoms with Crippen molar-refractivity contribution in [3.8, 4) is 0 Å². The molecule has 19 heavy (non-hydrogen) atoms. The van der Waals surface area contributed by atoms with Gasteiger partial charge in [-0.2, -0.15) is 0 Å². The third-order valence-electron chi connectivity index (χ3n) is 3.05. The van der Waals surface area contributed by atoms with Gasteiger partial charge in [0, 0.05) is 49.6 Å². The Morgan fingerprint density at radius 1 is 1.26 bits per heavy atom. The maximum atomic E-state index is 13.7. The Morgan fingerprint density at radius 2 is 1.89 bits per heavy atom. The minimum absolute atomic E-state index is 0.174. The van der Waals surface area contributed by atoms with Gasteiger partial charge in [0.05, 0.1) is 0 Å². The van der Waals surface area contributed by atoms with E-state index in [4.69, 9.17) is 0 Å². The Labute approximate surface area is 109 Å². The lowest BCUT2D eigenvalue weighted by Gasteiger charge is -2.18. The van der Waals surface area contributed by atoms with Crippen LogP contribution in [0.3, 0.4) is 0 Å². The first-order chi connectivity index (χ1) is 9.02. The lowest BCUT2D eigenvalue weighted by atomic mass is 10.0. The van der Waals surface area contributed by atoms with Crippen LogP contribution < -0.4 is 5.32 Å². The lowest BCUT2D eigenvalue weighted by molar-refractivity contribution is 0.468. The van der Waals surface area contributed by atoms with Crippen LogP contribution in [0, 0.1) is 17.5 Å². The number of nitrogens with one attached hydrogen (secondary N) is 1. The molecule has 0 radical (unpaired) electrons. The Hall–Kier alpha value is -1.82. The van der Waals surface area contributed by atoms with Crippen molar-refractivity contribution < 1.29 is 13.2 Å². The van der Waals surface area contributed by atoms with E-state index in [-0.39, 0.29) is 5.56 Å². The third-order valence-corrected chi connectivity index (χ3v) is 3.05. The number of nitrogens with zero attached hydrogens (tertiary/aromatic N) is 2. The summed E-state index contributed by atoms with van der Waals surface area (Å²) in [5, 5.41) is 2.83. The van der Waals surface area contributed by atoms with Crippen LogP contribution in [0.2, 0.25) is 0 Å². The van der Waals surface area contributed by atoms with E-state index in [1.165, 1.54) is 0 Å². The Morgan fingerprint density at radius 3 is 2.37 bits per heavy atom. The second kappa shape index (κ2) is 5.44. The van der Waals surface area contributed by atoms with Gasteiger partial charge in [-0.05, 0) is 7.05 Å². The number of halogens is 3. The first kappa shape index (κ1) is 13.6. The molecule has 0 aliphatic rings. The van der Waals surface area contributed by atoms with Crippen LogP contribution in [-0.4, -0.2) is 16.6 Å². The standard InChI is InChI=1S/C13H14F3N3/c1-17-11(7-12-18-3-4-19(12)2)13-9(15)5-8(14)6-10(13)16/h3-6,11,17H,7H2,1-2H3. The van der Waals surface area contributed by atoms with Crippen molar-refractivity contribution in [2.45, 2.75) is 12.5 Å². The van der Waals surface area contributed by atoms with Crippen molar-refractivity contribution in [1.29, 1.82) is 0 Å². The predicted molar refractivity (Wildman–Crippen MR) is 65.0 cm³/mol. The molecule has 6 heteroatoms. The molecule has 102 valence electrons. The Bertz CT molecular complexity index is 557. The summed E-state index contributed by atoms with van der Waals surface area (Å²) in [7, 11) is 3.39. The fraction of sp³-hybridized carbons (Fsp3) is 0.308. The number of hydrogen-bond acceptors (Lipinski definition) is 2. The first-order valence-electron chi connectivity index (χ1n) is 5.80. The average molecular weight is 269 g/mol. The zero-order valence-electron chi connectivity index (χ0n) is 10.6. The third kappa shape index (κ3) is 2.78. The maximum Gasteiger partial charge on any atom is 0.133 e. The second-order valence-electron chi connectivity index (χ2n) is 4.28. The minimum atomic E-state index is -0.925. The Balaban J connectivity index is 2.35. The van der Waals surface area contributed by atoms with Crippen molar-refractivity contribution in [2.24, 2.45) is 7.05 Å². The highest BCUT2D eigenvalue weighted by Crippen LogP contribution is 2.24. The smallest absolute Gasteiger partial charge is 0.133 e. The molecule has 0 spiro atoms. The van der Waals surface area contributed by atoms with E-state index in [0.29, 0.717) is 24.4 Å². The van der Waals surface area contributed by atoms with Crippen LogP contribution in [0.1, 0.15) is 17.4 Å². The SMILES string of the molecule is CNC(Cc1nccn1C)c1c(F)cc(F)cc1F. The number of aromatic nitrogens is 2. The molecule has 0 aliphatic carbocycles. The number of imidazole rings is 1. The van der Waals surface area contributed by atoms with E-state index < -0.39 is 23.5 Å². The highest BCUT2D eigenvalue weighted by Gasteiger charge is 2.21. The molecule has 1 atom stereocenters. The predicted octanol–water partition coefficient (Wildman–Crippen LogP) is 2.34. The molecular weight excluding hydrogens is 255 g/mol. The number of rotatable bonds is 4. The molecule has 1 aromatic carbocycles. The highest BCUT2D eigenvalue weighted by molar-refractivity contribution is 5.25. The van der Waals surface area contributed by atoms with Crippen LogP contribution in [0.5, 0.6) is 0 Å². The van der Waals surface area contributed by atoms with Gasteiger partial charge in [-0.25, -0.2) is 18.2 Å². The molecule has 1 unspecified atom stereocenters. The zero-order chi connectivity index (χ0) is 14.0. The molecule has 0 amide bonds. The maximum absolute atomic E-state index is 13.7. The first-order valence-corrected chi connectivity index (χ1v) is 5.80. The van der Waals surface area contributed by atoms with Crippen LogP contribution in [-0.2, 0) is 13.5 Å². The zero-order valence-corrected chi connectivity index (χ0v) is 10.6. The van der Waals surface area contributed by atoms with Gasteiger partial charge in [-0.3, -0.25) is 0 Å². The molecule has 0 saturated heterocycles. The van der Waals surface area contributed by atoms with E-state index in [1.54, 1.807) is 31.1 Å². The lowest BCUT2D eigenvalue weighted by Crippen LogP contribution is -2.23. The minimum Gasteiger partial charge on any atom is -0.338 e. The van der Waals surface area contributed by atoms with Crippen molar-refractivity contribution in [3.63, 3.8) is 0 Å².